The summed E-state index contributed by atoms with van der Waals surface area (Å²) in [5.41, 5.74) is -1.27. The minimum atomic E-state index is -1.43. The minimum Gasteiger partial charge on any atom is -0.394 e. The van der Waals surface area contributed by atoms with Crippen molar-refractivity contribution < 1.29 is 33.0 Å². The van der Waals surface area contributed by atoms with Crippen LogP contribution in [0.1, 0.15) is 10.4 Å². The second kappa shape index (κ2) is 9.94. The number of rotatable bonds is 7. The molecule has 1 fully saturated rings. The highest BCUT2D eigenvalue weighted by atomic mass is 127. The van der Waals surface area contributed by atoms with E-state index in [-0.39, 0.29) is 5.69 Å². The van der Waals surface area contributed by atoms with Crippen LogP contribution in [0, 0.1) is 26.9 Å². The van der Waals surface area contributed by atoms with Crippen LogP contribution >= 0.6 is 22.6 Å². The van der Waals surface area contributed by atoms with Gasteiger partial charge in [0.25, 0.3) is 5.91 Å². The van der Waals surface area contributed by atoms with Crippen molar-refractivity contribution in [1.82, 2.24) is 10.2 Å². The molecule has 0 aliphatic carbocycles. The highest BCUT2D eigenvalue weighted by Crippen LogP contribution is 2.30. The maximum Gasteiger partial charge on any atom is 0.262 e. The molecule has 2 amide bonds. The Morgan fingerprint density at radius 3 is 2.48 bits per heavy atom. The third kappa shape index (κ3) is 5.17. The Morgan fingerprint density at radius 2 is 1.90 bits per heavy atom. The summed E-state index contributed by atoms with van der Waals surface area (Å²) in [4.78, 5) is 26.6. The number of anilines is 2. The van der Waals surface area contributed by atoms with Gasteiger partial charge in [0.05, 0.1) is 42.1 Å². The van der Waals surface area contributed by atoms with Gasteiger partial charge >= 0.3 is 0 Å². The normalized spacial score (nSPS) is 14.6. The number of carbonyl (C=O) groups is 2. The van der Waals surface area contributed by atoms with Crippen molar-refractivity contribution in [2.24, 2.45) is 5.92 Å². The first-order valence-corrected chi connectivity index (χ1v) is 10.4. The van der Waals surface area contributed by atoms with Crippen LogP contribution in [0.5, 0.6) is 0 Å². The average Bonchev–Trinajstić information content (AvgIpc) is 2.69. The molecule has 7 nitrogen and oxygen atoms in total. The monoisotopic (exact) mass is 549 g/mol. The Labute approximate surface area is 189 Å². The van der Waals surface area contributed by atoms with E-state index in [9.17, 15) is 27.9 Å². The molecule has 4 N–H and O–H groups in total. The summed E-state index contributed by atoms with van der Waals surface area (Å²) in [6.45, 7) is -0.624. The maximum atomic E-state index is 14.6. The van der Waals surface area contributed by atoms with Crippen LogP contribution in [0.3, 0.4) is 0 Å². The Bertz CT molecular complexity index is 1000. The number of aliphatic hydroxyl groups excluding tert-OH is 2. The summed E-state index contributed by atoms with van der Waals surface area (Å²) in [6, 6.07) is 5.68. The number of carbonyl (C=O) groups excluding carboxylic acids is 2. The first kappa shape index (κ1) is 23.4. The molecule has 0 spiro atoms. The van der Waals surface area contributed by atoms with Gasteiger partial charge in [0, 0.05) is 16.7 Å². The Morgan fingerprint density at radius 1 is 1.19 bits per heavy atom. The highest BCUT2D eigenvalue weighted by molar-refractivity contribution is 14.1. The summed E-state index contributed by atoms with van der Waals surface area (Å²) < 4.78 is 43.4. The van der Waals surface area contributed by atoms with E-state index < -0.39 is 65.7 Å². The zero-order chi connectivity index (χ0) is 22.7. The van der Waals surface area contributed by atoms with E-state index in [1.54, 1.807) is 0 Å². The first-order chi connectivity index (χ1) is 14.7. The van der Waals surface area contributed by atoms with Gasteiger partial charge in [0.1, 0.15) is 5.82 Å². The van der Waals surface area contributed by atoms with Gasteiger partial charge in [-0.1, -0.05) is 0 Å². The second-order valence-corrected chi connectivity index (χ2v) is 8.22. The lowest BCUT2D eigenvalue weighted by Crippen LogP contribution is -2.55. The second-order valence-electron chi connectivity index (χ2n) is 6.98. The number of hydrogen-bond donors (Lipinski definition) is 4. The van der Waals surface area contributed by atoms with Crippen LogP contribution in [0.15, 0.2) is 30.3 Å². The van der Waals surface area contributed by atoms with E-state index in [1.165, 1.54) is 18.2 Å². The van der Waals surface area contributed by atoms with Crippen LogP contribution in [-0.4, -0.2) is 59.3 Å². The van der Waals surface area contributed by atoms with E-state index in [1.807, 2.05) is 22.6 Å². The minimum absolute atomic E-state index is 0.199. The molecule has 31 heavy (non-hydrogen) atoms. The third-order valence-corrected chi connectivity index (χ3v) is 5.43. The fourth-order valence-electron chi connectivity index (χ4n) is 2.95. The number of imide groups is 1. The van der Waals surface area contributed by atoms with Crippen molar-refractivity contribution in [2.75, 3.05) is 31.6 Å². The smallest absolute Gasteiger partial charge is 0.262 e. The fourth-order valence-corrected chi connectivity index (χ4v) is 3.40. The topological polar surface area (TPSA) is 102 Å². The number of benzene rings is 2. The molecule has 166 valence electrons. The molecule has 11 heteroatoms. The van der Waals surface area contributed by atoms with Crippen molar-refractivity contribution in [2.45, 2.75) is 6.10 Å². The third-order valence-electron chi connectivity index (χ3n) is 4.76. The molecular formula is C20H19F3IN3O4. The number of nitrogens with one attached hydrogen (secondary N) is 2. The lowest BCUT2D eigenvalue weighted by Gasteiger charge is -2.32. The standard InChI is InChI=1S/C20H19F3IN3O4/c21-14-3-2-13(18(17(14)23)26-16-4-1-11(24)5-15(16)22)20(31)27(8-12(29)9-28)19(30)10-6-25-7-10/h1-5,10,12,25-26,28-29H,6-9H2. The molecule has 0 radical (unpaired) electrons. The Kier molecular flexibility index (Phi) is 7.51. The van der Waals surface area contributed by atoms with Crippen molar-refractivity contribution >= 4 is 45.8 Å². The number of hydrogen-bond acceptors (Lipinski definition) is 6. The summed E-state index contributed by atoms with van der Waals surface area (Å²) in [6.07, 6.45) is -1.42. The van der Waals surface area contributed by atoms with Crippen molar-refractivity contribution in [3.63, 3.8) is 0 Å². The molecule has 0 aromatic heterocycles. The summed E-state index contributed by atoms with van der Waals surface area (Å²) in [5, 5.41) is 24.2. The van der Waals surface area contributed by atoms with Crippen LogP contribution in [0.2, 0.25) is 0 Å². The van der Waals surface area contributed by atoms with Crippen LogP contribution in [-0.2, 0) is 4.79 Å². The quantitative estimate of drug-likeness (QED) is 0.312. The van der Waals surface area contributed by atoms with Gasteiger partial charge in [-0.25, -0.2) is 13.2 Å². The van der Waals surface area contributed by atoms with E-state index >= 15 is 0 Å². The van der Waals surface area contributed by atoms with Gasteiger partial charge in [-0.05, 0) is 52.9 Å². The zero-order valence-corrected chi connectivity index (χ0v) is 18.2. The molecule has 0 bridgehead atoms. The number of amides is 2. The first-order valence-electron chi connectivity index (χ1n) is 9.28. The molecule has 0 saturated carbocycles. The predicted molar refractivity (Wildman–Crippen MR) is 114 cm³/mol. The molecular weight excluding hydrogens is 530 g/mol. The number of aliphatic hydroxyl groups is 2. The van der Waals surface area contributed by atoms with Crippen molar-refractivity contribution in [1.29, 1.82) is 0 Å². The Balaban J connectivity index is 2.01. The summed E-state index contributed by atoms with van der Waals surface area (Å²) in [7, 11) is 0. The van der Waals surface area contributed by atoms with Gasteiger partial charge in [-0.2, -0.15) is 0 Å². The van der Waals surface area contributed by atoms with Gasteiger partial charge in [-0.15, -0.1) is 0 Å². The zero-order valence-electron chi connectivity index (χ0n) is 16.0. The number of nitrogens with zero attached hydrogens (tertiary/aromatic N) is 1. The fraction of sp³-hybridized carbons (Fsp3) is 0.300. The highest BCUT2D eigenvalue weighted by Gasteiger charge is 2.35. The van der Waals surface area contributed by atoms with E-state index in [4.69, 9.17) is 5.11 Å². The Hall–Kier alpha value is -2.22. The molecule has 3 rings (SSSR count). The molecule has 2 aromatic carbocycles. The number of halogens is 4. The maximum absolute atomic E-state index is 14.6. The lowest BCUT2D eigenvalue weighted by molar-refractivity contribution is -0.135. The van der Waals surface area contributed by atoms with Crippen LogP contribution < -0.4 is 10.6 Å². The summed E-state index contributed by atoms with van der Waals surface area (Å²) in [5.74, 6) is -5.64. The molecule has 1 atom stereocenters. The van der Waals surface area contributed by atoms with Gasteiger partial charge in [0.2, 0.25) is 5.91 Å². The van der Waals surface area contributed by atoms with E-state index in [0.717, 1.165) is 6.07 Å². The molecule has 1 aliphatic heterocycles. The molecule has 1 saturated heterocycles. The van der Waals surface area contributed by atoms with E-state index in [2.05, 4.69) is 10.6 Å². The lowest BCUT2D eigenvalue weighted by atomic mass is 10.0. The van der Waals surface area contributed by atoms with Crippen LogP contribution in [0.4, 0.5) is 24.5 Å². The van der Waals surface area contributed by atoms with Gasteiger partial charge in [0.15, 0.2) is 11.6 Å². The van der Waals surface area contributed by atoms with Crippen molar-refractivity contribution in [3.05, 3.63) is 56.9 Å². The largest absolute Gasteiger partial charge is 0.394 e. The molecule has 1 heterocycles. The van der Waals surface area contributed by atoms with Gasteiger partial charge in [-0.3, -0.25) is 14.5 Å². The summed E-state index contributed by atoms with van der Waals surface area (Å²) >= 11 is 1.88. The van der Waals surface area contributed by atoms with Crippen LogP contribution in [0.25, 0.3) is 0 Å². The molecule has 1 unspecified atom stereocenters. The van der Waals surface area contributed by atoms with Gasteiger partial charge < -0.3 is 20.8 Å². The molecule has 2 aromatic rings. The predicted octanol–water partition coefficient (Wildman–Crippen LogP) is 1.99. The van der Waals surface area contributed by atoms with E-state index in [0.29, 0.717) is 27.6 Å². The SMILES string of the molecule is O=C(c1ccc(F)c(F)c1Nc1ccc(I)cc1F)N(CC(O)CO)C(=O)C1CNC1. The average molecular weight is 549 g/mol. The molecule has 1 aliphatic rings. The van der Waals surface area contributed by atoms with Crippen molar-refractivity contribution in [3.8, 4) is 0 Å².